The number of carbonyl (C=O) groups excluding carboxylic acids is 2. The zero-order chi connectivity index (χ0) is 20.8. The molecule has 0 radical (unpaired) electrons. The average Bonchev–Trinajstić information content (AvgIpc) is 2.77. The van der Waals surface area contributed by atoms with Gasteiger partial charge in [-0.1, -0.05) is 29.8 Å². The molecule has 3 amide bonds. The summed E-state index contributed by atoms with van der Waals surface area (Å²) in [7, 11) is 1.69. The Kier molecular flexibility index (Phi) is 4.65. The standard InChI is InChI=1S/C24H27N3O3/c1-15-9-11-16(12-10-15)25-24(29)27-19-6-4-7-20(27)23(28)26-14-13-17-18(22(19)26)5-3-8-21(17)30-2/h3,5,8-12,19-20,22H,4,6-7,13-14H2,1-2H3,(H,25,29). The monoisotopic (exact) mass is 405 g/mol. The second-order valence-electron chi connectivity index (χ2n) is 8.47. The average molecular weight is 405 g/mol. The molecule has 3 aliphatic rings. The van der Waals surface area contributed by atoms with E-state index in [1.54, 1.807) is 7.11 Å². The second kappa shape index (κ2) is 7.35. The van der Waals surface area contributed by atoms with Crippen molar-refractivity contribution in [1.29, 1.82) is 0 Å². The molecule has 3 atom stereocenters. The Labute approximate surface area is 176 Å². The first-order valence-electron chi connectivity index (χ1n) is 10.7. The maximum atomic E-state index is 13.4. The van der Waals surface area contributed by atoms with Crippen LogP contribution in [0.4, 0.5) is 10.5 Å². The Morgan fingerprint density at radius 3 is 2.70 bits per heavy atom. The molecule has 0 spiro atoms. The van der Waals surface area contributed by atoms with Crippen LogP contribution in [-0.4, -0.2) is 47.5 Å². The molecule has 0 aromatic heterocycles. The highest BCUT2D eigenvalue weighted by molar-refractivity contribution is 5.95. The second-order valence-corrected chi connectivity index (χ2v) is 8.47. The van der Waals surface area contributed by atoms with Crippen LogP contribution in [0.25, 0.3) is 0 Å². The summed E-state index contributed by atoms with van der Waals surface area (Å²) in [5.74, 6) is 0.941. The summed E-state index contributed by atoms with van der Waals surface area (Å²) in [6.07, 6.45) is 3.36. The van der Waals surface area contributed by atoms with Crippen LogP contribution in [-0.2, 0) is 11.2 Å². The van der Waals surface area contributed by atoms with Gasteiger partial charge in [-0.15, -0.1) is 0 Å². The quantitative estimate of drug-likeness (QED) is 0.824. The number of urea groups is 1. The van der Waals surface area contributed by atoms with Gasteiger partial charge < -0.3 is 19.9 Å². The van der Waals surface area contributed by atoms with Crippen LogP contribution in [0, 0.1) is 6.92 Å². The molecule has 30 heavy (non-hydrogen) atoms. The molecule has 2 saturated heterocycles. The summed E-state index contributed by atoms with van der Waals surface area (Å²) in [4.78, 5) is 30.6. The molecule has 2 aromatic rings. The molecule has 5 rings (SSSR count). The van der Waals surface area contributed by atoms with Gasteiger partial charge in [0.05, 0.1) is 19.2 Å². The maximum absolute atomic E-state index is 13.4. The van der Waals surface area contributed by atoms with Gasteiger partial charge in [-0.3, -0.25) is 4.79 Å². The third-order valence-electron chi connectivity index (χ3n) is 6.79. The van der Waals surface area contributed by atoms with Crippen LogP contribution in [0.3, 0.4) is 0 Å². The number of amides is 3. The molecule has 3 heterocycles. The van der Waals surface area contributed by atoms with Gasteiger partial charge >= 0.3 is 6.03 Å². The van der Waals surface area contributed by atoms with E-state index in [4.69, 9.17) is 4.74 Å². The lowest BCUT2D eigenvalue weighted by atomic mass is 9.78. The number of ether oxygens (including phenoxy) is 1. The van der Waals surface area contributed by atoms with Crippen molar-refractivity contribution in [3.8, 4) is 5.75 Å². The number of anilines is 1. The molecule has 156 valence electrons. The molecule has 0 aliphatic carbocycles. The number of hydrogen-bond acceptors (Lipinski definition) is 3. The van der Waals surface area contributed by atoms with Crippen molar-refractivity contribution >= 4 is 17.6 Å². The Hall–Kier alpha value is -3.02. The first kappa shape index (κ1) is 19.0. The summed E-state index contributed by atoms with van der Waals surface area (Å²) in [5, 5.41) is 3.02. The van der Waals surface area contributed by atoms with Crippen LogP contribution >= 0.6 is 0 Å². The topological polar surface area (TPSA) is 61.9 Å². The maximum Gasteiger partial charge on any atom is 0.322 e. The predicted molar refractivity (Wildman–Crippen MR) is 115 cm³/mol. The predicted octanol–water partition coefficient (Wildman–Crippen LogP) is 3.90. The van der Waals surface area contributed by atoms with Crippen LogP contribution in [0.15, 0.2) is 42.5 Å². The number of hydrogen-bond donors (Lipinski definition) is 1. The smallest absolute Gasteiger partial charge is 0.322 e. The summed E-state index contributed by atoms with van der Waals surface area (Å²) in [5.41, 5.74) is 4.18. The first-order valence-corrected chi connectivity index (χ1v) is 10.7. The van der Waals surface area contributed by atoms with Crippen molar-refractivity contribution in [2.75, 3.05) is 19.0 Å². The number of nitrogens with one attached hydrogen (secondary N) is 1. The van der Waals surface area contributed by atoms with E-state index in [9.17, 15) is 9.59 Å². The van der Waals surface area contributed by atoms with E-state index in [2.05, 4.69) is 11.4 Å². The SMILES string of the molecule is COc1cccc2c1CCN1C(=O)C3CCCC(C21)N3C(=O)Nc1ccc(C)cc1. The molecule has 6 nitrogen and oxygen atoms in total. The first-order chi connectivity index (χ1) is 14.6. The Morgan fingerprint density at radius 2 is 1.93 bits per heavy atom. The molecular weight excluding hydrogens is 378 g/mol. The molecule has 2 bridgehead atoms. The molecule has 6 heteroatoms. The zero-order valence-electron chi connectivity index (χ0n) is 17.4. The molecule has 3 unspecified atom stereocenters. The van der Waals surface area contributed by atoms with Gasteiger partial charge in [-0.05, 0) is 56.4 Å². The largest absolute Gasteiger partial charge is 0.496 e. The van der Waals surface area contributed by atoms with Crippen LogP contribution in [0.1, 0.15) is 42.0 Å². The minimum absolute atomic E-state index is 0.0296. The van der Waals surface area contributed by atoms with Gasteiger partial charge in [0.15, 0.2) is 0 Å². The van der Waals surface area contributed by atoms with E-state index in [0.29, 0.717) is 6.54 Å². The summed E-state index contributed by atoms with van der Waals surface area (Å²) in [6, 6.07) is 13.1. The Bertz CT molecular complexity index is 988. The molecule has 3 aliphatic heterocycles. The van der Waals surface area contributed by atoms with Gasteiger partial charge in [-0.2, -0.15) is 0 Å². The third-order valence-corrected chi connectivity index (χ3v) is 6.79. The van der Waals surface area contributed by atoms with E-state index in [0.717, 1.165) is 53.8 Å². The molecule has 1 N–H and O–H groups in total. The fourth-order valence-electron chi connectivity index (χ4n) is 5.41. The minimum Gasteiger partial charge on any atom is -0.496 e. The van der Waals surface area contributed by atoms with Crippen molar-refractivity contribution < 1.29 is 14.3 Å². The van der Waals surface area contributed by atoms with Gasteiger partial charge in [0, 0.05) is 17.8 Å². The Balaban J connectivity index is 1.51. The highest BCUT2D eigenvalue weighted by atomic mass is 16.5. The number of piperidine rings is 1. The molecule has 2 fully saturated rings. The van der Waals surface area contributed by atoms with E-state index in [-0.39, 0.29) is 30.1 Å². The van der Waals surface area contributed by atoms with E-state index in [1.807, 2.05) is 53.1 Å². The third kappa shape index (κ3) is 2.93. The van der Waals surface area contributed by atoms with Crippen molar-refractivity contribution in [1.82, 2.24) is 9.80 Å². The molecular formula is C24H27N3O3. The summed E-state index contributed by atoms with van der Waals surface area (Å²) in [6.45, 7) is 2.69. The highest BCUT2D eigenvalue weighted by Gasteiger charge is 2.52. The van der Waals surface area contributed by atoms with Gasteiger partial charge in [-0.25, -0.2) is 4.79 Å². The number of rotatable bonds is 2. The van der Waals surface area contributed by atoms with Crippen molar-refractivity contribution in [2.24, 2.45) is 0 Å². The number of piperazine rings is 1. The number of aryl methyl sites for hydroxylation is 1. The van der Waals surface area contributed by atoms with Crippen molar-refractivity contribution in [3.63, 3.8) is 0 Å². The highest BCUT2D eigenvalue weighted by Crippen LogP contribution is 2.46. The normalized spacial score (nSPS) is 24.7. The zero-order valence-corrected chi connectivity index (χ0v) is 17.4. The van der Waals surface area contributed by atoms with Gasteiger partial charge in [0.1, 0.15) is 11.8 Å². The van der Waals surface area contributed by atoms with E-state index in [1.165, 1.54) is 0 Å². The molecule has 2 aromatic carbocycles. The van der Waals surface area contributed by atoms with Crippen molar-refractivity contribution in [2.45, 2.75) is 50.7 Å². The number of carbonyl (C=O) groups is 2. The van der Waals surface area contributed by atoms with Crippen LogP contribution in [0.5, 0.6) is 5.75 Å². The number of benzene rings is 2. The number of nitrogens with zero attached hydrogens (tertiary/aromatic N) is 2. The fourth-order valence-corrected chi connectivity index (χ4v) is 5.41. The number of methoxy groups -OCH3 is 1. The van der Waals surface area contributed by atoms with Gasteiger partial charge in [0.2, 0.25) is 5.91 Å². The van der Waals surface area contributed by atoms with E-state index < -0.39 is 0 Å². The van der Waals surface area contributed by atoms with Crippen molar-refractivity contribution in [3.05, 3.63) is 59.2 Å². The minimum atomic E-state index is -0.377. The number of fused-ring (bicyclic) bond motifs is 6. The lowest BCUT2D eigenvalue weighted by Crippen LogP contribution is -2.67. The van der Waals surface area contributed by atoms with Crippen LogP contribution in [0.2, 0.25) is 0 Å². The van der Waals surface area contributed by atoms with E-state index >= 15 is 0 Å². The summed E-state index contributed by atoms with van der Waals surface area (Å²) >= 11 is 0. The lowest BCUT2D eigenvalue weighted by molar-refractivity contribution is -0.152. The summed E-state index contributed by atoms with van der Waals surface area (Å²) < 4.78 is 5.59. The Morgan fingerprint density at radius 1 is 1.13 bits per heavy atom. The van der Waals surface area contributed by atoms with Gasteiger partial charge in [0.25, 0.3) is 0 Å². The van der Waals surface area contributed by atoms with Crippen LogP contribution < -0.4 is 10.1 Å². The fraction of sp³-hybridized carbons (Fsp3) is 0.417. The lowest BCUT2D eigenvalue weighted by Gasteiger charge is -2.55. The molecule has 0 saturated carbocycles.